The van der Waals surface area contributed by atoms with E-state index in [0.29, 0.717) is 0 Å². The topological polar surface area (TPSA) is 55.9 Å². The predicted octanol–water partition coefficient (Wildman–Crippen LogP) is -2.07. The van der Waals surface area contributed by atoms with Crippen molar-refractivity contribution >= 4 is 16.9 Å². The molecule has 0 amide bonds. The van der Waals surface area contributed by atoms with E-state index in [9.17, 15) is 0 Å². The number of rotatable bonds is 0. The summed E-state index contributed by atoms with van der Waals surface area (Å²) in [6.07, 6.45) is 1.95. The number of aromatic nitrogens is 1. The first-order valence-electron chi connectivity index (χ1n) is 3.90. The van der Waals surface area contributed by atoms with Gasteiger partial charge in [-0.05, 0) is 24.4 Å². The van der Waals surface area contributed by atoms with Crippen LogP contribution in [0.4, 0.5) is 0 Å². The maximum atomic E-state index is 8.89. The molecule has 3 nitrogen and oxygen atoms in total. The molecule has 0 saturated carbocycles. The molecule has 2 rings (SSSR count). The van der Waals surface area contributed by atoms with Crippen molar-refractivity contribution in [2.45, 2.75) is 6.92 Å². The third-order valence-corrected chi connectivity index (χ3v) is 1.46. The van der Waals surface area contributed by atoms with Crippen LogP contribution in [0.2, 0.25) is 0 Å². The summed E-state index contributed by atoms with van der Waals surface area (Å²) in [7, 11) is 0. The fraction of sp³-hybridized carbons (Fsp3) is 0.100. The largest absolute Gasteiger partial charge is 1.00 e. The fourth-order valence-corrected chi connectivity index (χ4v) is 0.995. The molecule has 1 heterocycles. The van der Waals surface area contributed by atoms with Gasteiger partial charge in [-0.1, -0.05) is 18.2 Å². The SMILES string of the molecule is CC(=O)[O-].[K+].c1ccc2[nH]ccc2c1. The Kier molecular flexibility index (Phi) is 7.13. The van der Waals surface area contributed by atoms with Crippen LogP contribution in [0.5, 0.6) is 0 Å². The van der Waals surface area contributed by atoms with Gasteiger partial charge in [-0.2, -0.15) is 0 Å². The number of carboxylic acids is 1. The van der Waals surface area contributed by atoms with Gasteiger partial charge in [0.25, 0.3) is 0 Å². The van der Waals surface area contributed by atoms with Gasteiger partial charge in [-0.3, -0.25) is 0 Å². The number of benzene rings is 1. The number of carbonyl (C=O) groups is 1. The van der Waals surface area contributed by atoms with E-state index in [1.165, 1.54) is 10.9 Å². The van der Waals surface area contributed by atoms with Gasteiger partial charge >= 0.3 is 51.4 Å². The summed E-state index contributed by atoms with van der Waals surface area (Å²) in [4.78, 5) is 12.0. The van der Waals surface area contributed by atoms with Gasteiger partial charge in [-0.25, -0.2) is 0 Å². The van der Waals surface area contributed by atoms with Gasteiger partial charge in [0.2, 0.25) is 0 Å². The standard InChI is InChI=1S/C8H7N.C2H4O2.K/c1-2-4-8-7(3-1)5-6-9-8;1-2(3)4;/h1-6,9H;1H3,(H,3,4);/q;;+1/p-1. The number of fused-ring (bicyclic) bond motifs is 1. The molecule has 0 saturated heterocycles. The van der Waals surface area contributed by atoms with Crippen molar-refractivity contribution in [1.82, 2.24) is 4.98 Å². The van der Waals surface area contributed by atoms with Crippen LogP contribution in [0.25, 0.3) is 10.9 Å². The average Bonchev–Trinajstić information content (AvgIpc) is 2.49. The van der Waals surface area contributed by atoms with Gasteiger partial charge in [-0.15, -0.1) is 0 Å². The number of hydrogen-bond acceptors (Lipinski definition) is 2. The average molecular weight is 215 g/mol. The minimum Gasteiger partial charge on any atom is -0.550 e. The van der Waals surface area contributed by atoms with Gasteiger partial charge < -0.3 is 14.9 Å². The van der Waals surface area contributed by atoms with E-state index in [0.717, 1.165) is 6.92 Å². The molecule has 1 N–H and O–H groups in total. The summed E-state index contributed by atoms with van der Waals surface area (Å²) in [5.74, 6) is -1.08. The Labute approximate surface area is 125 Å². The van der Waals surface area contributed by atoms with Gasteiger partial charge in [0, 0.05) is 17.7 Å². The summed E-state index contributed by atoms with van der Waals surface area (Å²) in [5.41, 5.74) is 1.21. The number of carboxylic acid groups (broad SMARTS) is 1. The van der Waals surface area contributed by atoms with Crippen LogP contribution in [0.15, 0.2) is 36.5 Å². The maximum Gasteiger partial charge on any atom is 1.00 e. The first-order valence-corrected chi connectivity index (χ1v) is 3.90. The number of hydrogen-bond donors (Lipinski definition) is 1. The monoisotopic (exact) mass is 215 g/mol. The van der Waals surface area contributed by atoms with E-state index >= 15 is 0 Å². The molecule has 0 spiro atoms. The number of aliphatic carboxylic acids is 1. The Balaban J connectivity index is 0.000000299. The van der Waals surface area contributed by atoms with Gasteiger partial charge in [0.05, 0.1) is 0 Å². The summed E-state index contributed by atoms with van der Waals surface area (Å²) in [5, 5.41) is 10.2. The molecule has 0 bridgehead atoms. The molecule has 0 aliphatic carbocycles. The third kappa shape index (κ3) is 4.93. The summed E-state index contributed by atoms with van der Waals surface area (Å²) >= 11 is 0. The zero-order valence-electron chi connectivity index (χ0n) is 8.28. The Morgan fingerprint density at radius 3 is 2.43 bits per heavy atom. The van der Waals surface area contributed by atoms with Crippen molar-refractivity contribution in [3.8, 4) is 0 Å². The first kappa shape index (κ1) is 13.9. The molecular weight excluding hydrogens is 205 g/mol. The third-order valence-electron chi connectivity index (χ3n) is 1.46. The van der Waals surface area contributed by atoms with Crippen LogP contribution >= 0.6 is 0 Å². The molecular formula is C10H10KNO2. The Bertz CT molecular complexity index is 363. The summed E-state index contributed by atoms with van der Waals surface area (Å²) < 4.78 is 0. The zero-order valence-corrected chi connectivity index (χ0v) is 11.4. The molecule has 1 aromatic heterocycles. The second kappa shape index (κ2) is 7.20. The number of nitrogens with one attached hydrogen (secondary N) is 1. The van der Waals surface area contributed by atoms with Gasteiger partial charge in [0.15, 0.2) is 0 Å². The molecule has 0 aliphatic heterocycles. The predicted molar refractivity (Wildman–Crippen MR) is 49.0 cm³/mol. The smallest absolute Gasteiger partial charge is 0.550 e. The molecule has 0 fully saturated rings. The van der Waals surface area contributed by atoms with Crippen LogP contribution in [-0.2, 0) is 4.79 Å². The van der Waals surface area contributed by atoms with E-state index in [1.807, 2.05) is 18.3 Å². The molecule has 0 atom stereocenters. The second-order valence-corrected chi connectivity index (χ2v) is 2.56. The molecule has 4 heteroatoms. The minimum atomic E-state index is -1.08. The number of carbonyl (C=O) groups excluding carboxylic acids is 1. The second-order valence-electron chi connectivity index (χ2n) is 2.56. The quantitative estimate of drug-likeness (QED) is 0.513. The molecule has 2 aromatic rings. The van der Waals surface area contributed by atoms with Crippen molar-refractivity contribution in [2.75, 3.05) is 0 Å². The van der Waals surface area contributed by atoms with Crippen LogP contribution in [0.1, 0.15) is 6.92 Å². The first-order chi connectivity index (χ1) is 6.20. The molecule has 0 aliphatic rings. The number of para-hydroxylation sites is 1. The van der Waals surface area contributed by atoms with Crippen molar-refractivity contribution in [3.05, 3.63) is 36.5 Å². The number of aromatic amines is 1. The Morgan fingerprint density at radius 2 is 1.86 bits per heavy atom. The van der Waals surface area contributed by atoms with Crippen LogP contribution in [-0.4, -0.2) is 11.0 Å². The van der Waals surface area contributed by atoms with Crippen molar-refractivity contribution < 1.29 is 61.3 Å². The molecule has 0 radical (unpaired) electrons. The molecule has 14 heavy (non-hydrogen) atoms. The normalized spacial score (nSPS) is 8.36. The van der Waals surface area contributed by atoms with E-state index < -0.39 is 5.97 Å². The van der Waals surface area contributed by atoms with Gasteiger partial charge in [0.1, 0.15) is 0 Å². The summed E-state index contributed by atoms with van der Waals surface area (Å²) in [6, 6.07) is 10.3. The number of H-pyrrole nitrogens is 1. The van der Waals surface area contributed by atoms with E-state index in [1.54, 1.807) is 0 Å². The Hall–Kier alpha value is -0.134. The Morgan fingerprint density at radius 1 is 1.29 bits per heavy atom. The zero-order chi connectivity index (χ0) is 9.68. The van der Waals surface area contributed by atoms with Crippen LogP contribution in [0, 0.1) is 0 Å². The summed E-state index contributed by atoms with van der Waals surface area (Å²) in [6.45, 7) is 0.972. The van der Waals surface area contributed by atoms with Crippen LogP contribution < -0.4 is 56.5 Å². The van der Waals surface area contributed by atoms with Crippen molar-refractivity contribution in [3.63, 3.8) is 0 Å². The van der Waals surface area contributed by atoms with Crippen molar-refractivity contribution in [2.24, 2.45) is 0 Å². The van der Waals surface area contributed by atoms with Crippen molar-refractivity contribution in [1.29, 1.82) is 0 Å². The van der Waals surface area contributed by atoms with E-state index in [4.69, 9.17) is 9.90 Å². The molecule has 0 unspecified atom stereocenters. The molecule has 68 valence electrons. The minimum absolute atomic E-state index is 0. The van der Waals surface area contributed by atoms with E-state index in [-0.39, 0.29) is 51.4 Å². The maximum absolute atomic E-state index is 8.89. The van der Waals surface area contributed by atoms with E-state index in [2.05, 4.69) is 23.2 Å². The fourth-order valence-electron chi connectivity index (χ4n) is 0.995. The van der Waals surface area contributed by atoms with Crippen LogP contribution in [0.3, 0.4) is 0 Å². The molecule has 1 aromatic carbocycles.